The predicted octanol–water partition coefficient (Wildman–Crippen LogP) is 3.70. The summed E-state index contributed by atoms with van der Waals surface area (Å²) in [6.07, 6.45) is 0. The highest BCUT2D eigenvalue weighted by Gasteiger charge is 2.11. The fourth-order valence-electron chi connectivity index (χ4n) is 1.80. The zero-order valence-electron chi connectivity index (χ0n) is 10.9. The molecule has 1 unspecified atom stereocenters. The van der Waals surface area contributed by atoms with Gasteiger partial charge in [0, 0.05) is 23.2 Å². The Labute approximate surface area is 115 Å². The second-order valence-corrected chi connectivity index (χ2v) is 4.50. The summed E-state index contributed by atoms with van der Waals surface area (Å²) in [5.74, 6) is -1.37. The first-order valence-electron chi connectivity index (χ1n) is 6.09. The number of hydrogen-bond acceptors (Lipinski definition) is 2. The van der Waals surface area contributed by atoms with E-state index in [1.807, 2.05) is 0 Å². The Bertz CT molecular complexity index is 614. The third-order valence-electron chi connectivity index (χ3n) is 2.86. The molecule has 0 aliphatic carbocycles. The summed E-state index contributed by atoms with van der Waals surface area (Å²) in [7, 11) is 0. The molecule has 0 heterocycles. The molecule has 2 nitrogen and oxygen atoms in total. The molecule has 2 aromatic carbocycles. The Hall–Kier alpha value is -2.01. The lowest BCUT2D eigenvalue weighted by Gasteiger charge is -2.14. The van der Waals surface area contributed by atoms with E-state index >= 15 is 0 Å². The van der Waals surface area contributed by atoms with Gasteiger partial charge in [-0.15, -0.1) is 0 Å². The van der Waals surface area contributed by atoms with Gasteiger partial charge in [-0.2, -0.15) is 0 Å². The highest BCUT2D eigenvalue weighted by molar-refractivity contribution is 5.36. The van der Waals surface area contributed by atoms with Crippen molar-refractivity contribution >= 4 is 0 Å². The van der Waals surface area contributed by atoms with E-state index in [4.69, 9.17) is 10.5 Å². The Morgan fingerprint density at radius 1 is 1.05 bits per heavy atom. The van der Waals surface area contributed by atoms with Gasteiger partial charge in [0.1, 0.15) is 29.8 Å². The number of nitrogens with two attached hydrogens (primary N) is 1. The van der Waals surface area contributed by atoms with Gasteiger partial charge < -0.3 is 10.5 Å². The fraction of sp³-hybridized carbons (Fsp3) is 0.200. The van der Waals surface area contributed by atoms with Crippen molar-refractivity contribution < 1.29 is 17.9 Å². The molecule has 2 rings (SSSR count). The van der Waals surface area contributed by atoms with Gasteiger partial charge in [0.15, 0.2) is 0 Å². The fourth-order valence-corrected chi connectivity index (χ4v) is 1.80. The third-order valence-corrected chi connectivity index (χ3v) is 2.86. The van der Waals surface area contributed by atoms with E-state index in [1.165, 1.54) is 24.3 Å². The summed E-state index contributed by atoms with van der Waals surface area (Å²) in [6.45, 7) is 1.61. The zero-order chi connectivity index (χ0) is 14.7. The smallest absolute Gasteiger partial charge is 0.132 e. The van der Waals surface area contributed by atoms with Crippen molar-refractivity contribution in [3.63, 3.8) is 0 Å². The van der Waals surface area contributed by atoms with Crippen molar-refractivity contribution in [2.75, 3.05) is 0 Å². The van der Waals surface area contributed by atoms with Crippen molar-refractivity contribution in [3.8, 4) is 5.75 Å². The van der Waals surface area contributed by atoms with E-state index in [-0.39, 0.29) is 12.2 Å². The van der Waals surface area contributed by atoms with Gasteiger partial charge in [-0.05, 0) is 37.3 Å². The number of rotatable bonds is 4. The Balaban J connectivity index is 2.18. The lowest BCUT2D eigenvalue weighted by Crippen LogP contribution is -2.09. The molecule has 106 valence electrons. The van der Waals surface area contributed by atoms with Crippen molar-refractivity contribution in [2.45, 2.75) is 19.6 Å². The molecule has 0 spiro atoms. The maximum atomic E-state index is 13.5. The van der Waals surface area contributed by atoms with Gasteiger partial charge in [0.05, 0.1) is 0 Å². The van der Waals surface area contributed by atoms with Crippen LogP contribution in [0.2, 0.25) is 0 Å². The molecule has 0 amide bonds. The molecule has 0 radical (unpaired) electrons. The molecule has 0 aliphatic rings. The number of benzene rings is 2. The van der Waals surface area contributed by atoms with Gasteiger partial charge in [-0.3, -0.25) is 0 Å². The Kier molecular flexibility index (Phi) is 4.29. The van der Waals surface area contributed by atoms with Crippen molar-refractivity contribution in [3.05, 3.63) is 65.0 Å². The summed E-state index contributed by atoms with van der Waals surface area (Å²) in [5, 5.41) is 0. The first-order valence-corrected chi connectivity index (χ1v) is 6.09. The molecular formula is C15H14F3NO. The van der Waals surface area contributed by atoms with Crippen molar-refractivity contribution in [1.29, 1.82) is 0 Å². The highest BCUT2D eigenvalue weighted by atomic mass is 19.1. The minimum atomic E-state index is -0.686. The molecule has 2 N–H and O–H groups in total. The minimum absolute atomic E-state index is 0.0858. The molecule has 0 aromatic heterocycles. The lowest BCUT2D eigenvalue weighted by atomic mass is 10.1. The third kappa shape index (κ3) is 3.30. The van der Waals surface area contributed by atoms with E-state index < -0.39 is 23.5 Å². The van der Waals surface area contributed by atoms with Crippen LogP contribution in [0.5, 0.6) is 5.75 Å². The van der Waals surface area contributed by atoms with E-state index in [1.54, 1.807) is 6.92 Å². The van der Waals surface area contributed by atoms with E-state index in [0.717, 1.165) is 12.1 Å². The van der Waals surface area contributed by atoms with Crippen LogP contribution in [0.15, 0.2) is 36.4 Å². The quantitative estimate of drug-likeness (QED) is 0.927. The Morgan fingerprint density at radius 2 is 1.70 bits per heavy atom. The number of hydrogen-bond donors (Lipinski definition) is 1. The monoisotopic (exact) mass is 281 g/mol. The molecule has 1 atom stereocenters. The van der Waals surface area contributed by atoms with Crippen LogP contribution in [0.3, 0.4) is 0 Å². The summed E-state index contributed by atoms with van der Waals surface area (Å²) in [5.41, 5.74) is 6.44. The maximum Gasteiger partial charge on any atom is 0.132 e. The van der Waals surface area contributed by atoms with Gasteiger partial charge in [0.25, 0.3) is 0 Å². The average molecular weight is 281 g/mol. The molecule has 0 aliphatic heterocycles. The molecule has 0 saturated heterocycles. The van der Waals surface area contributed by atoms with Crippen LogP contribution in [0.25, 0.3) is 0 Å². The second kappa shape index (κ2) is 5.96. The van der Waals surface area contributed by atoms with Crippen LogP contribution in [-0.2, 0) is 6.61 Å². The van der Waals surface area contributed by atoms with E-state index in [2.05, 4.69) is 0 Å². The van der Waals surface area contributed by atoms with Crippen LogP contribution < -0.4 is 10.5 Å². The Morgan fingerprint density at radius 3 is 2.35 bits per heavy atom. The molecule has 2 aromatic rings. The molecular weight excluding hydrogens is 267 g/mol. The molecule has 0 bridgehead atoms. The van der Waals surface area contributed by atoms with Crippen LogP contribution >= 0.6 is 0 Å². The lowest BCUT2D eigenvalue weighted by molar-refractivity contribution is 0.294. The summed E-state index contributed by atoms with van der Waals surface area (Å²) in [6, 6.07) is 6.78. The summed E-state index contributed by atoms with van der Waals surface area (Å²) < 4.78 is 44.9. The molecule has 5 heteroatoms. The first-order chi connectivity index (χ1) is 9.47. The molecule has 0 fully saturated rings. The first kappa shape index (κ1) is 14.4. The summed E-state index contributed by atoms with van der Waals surface area (Å²) in [4.78, 5) is 0. The van der Waals surface area contributed by atoms with Crippen LogP contribution in [0.4, 0.5) is 13.2 Å². The zero-order valence-corrected chi connectivity index (χ0v) is 10.9. The highest BCUT2D eigenvalue weighted by Crippen LogP contribution is 2.26. The normalized spacial score (nSPS) is 12.2. The average Bonchev–Trinajstić information content (AvgIpc) is 2.38. The van der Waals surface area contributed by atoms with Gasteiger partial charge in [0.2, 0.25) is 0 Å². The number of halogens is 3. The largest absolute Gasteiger partial charge is 0.488 e. The topological polar surface area (TPSA) is 35.2 Å². The summed E-state index contributed by atoms with van der Waals surface area (Å²) >= 11 is 0. The van der Waals surface area contributed by atoms with Crippen LogP contribution in [0.1, 0.15) is 24.1 Å². The van der Waals surface area contributed by atoms with E-state index in [9.17, 15) is 13.2 Å². The van der Waals surface area contributed by atoms with E-state index in [0.29, 0.717) is 11.3 Å². The standard InChI is InChI=1S/C15H14F3NO/c1-9(19)13-6-11(16)4-5-15(13)20-8-10-2-3-12(17)7-14(10)18/h2-7,9H,8,19H2,1H3. The van der Waals surface area contributed by atoms with Gasteiger partial charge in [-0.1, -0.05) is 0 Å². The minimum Gasteiger partial charge on any atom is -0.488 e. The maximum absolute atomic E-state index is 13.5. The number of ether oxygens (including phenoxy) is 1. The van der Waals surface area contributed by atoms with Gasteiger partial charge >= 0.3 is 0 Å². The van der Waals surface area contributed by atoms with Crippen molar-refractivity contribution in [2.24, 2.45) is 5.73 Å². The second-order valence-electron chi connectivity index (χ2n) is 4.50. The van der Waals surface area contributed by atoms with Crippen LogP contribution in [-0.4, -0.2) is 0 Å². The predicted molar refractivity (Wildman–Crippen MR) is 69.7 cm³/mol. The van der Waals surface area contributed by atoms with Crippen LogP contribution in [0, 0.1) is 17.5 Å². The SMILES string of the molecule is CC(N)c1cc(F)ccc1OCc1ccc(F)cc1F. The van der Waals surface area contributed by atoms with Crippen molar-refractivity contribution in [1.82, 2.24) is 0 Å². The molecule has 20 heavy (non-hydrogen) atoms. The van der Waals surface area contributed by atoms with Gasteiger partial charge in [-0.25, -0.2) is 13.2 Å². The molecule has 0 saturated carbocycles.